The number of likely N-dealkylation sites (tertiary alicyclic amines) is 1. The predicted molar refractivity (Wildman–Crippen MR) is 140 cm³/mol. The summed E-state index contributed by atoms with van der Waals surface area (Å²) in [4.78, 5) is 36.1. The van der Waals surface area contributed by atoms with Crippen LogP contribution >= 0.6 is 0 Å². The van der Waals surface area contributed by atoms with Crippen molar-refractivity contribution in [1.29, 1.82) is 0 Å². The molecule has 1 aliphatic heterocycles. The lowest BCUT2D eigenvalue weighted by molar-refractivity contribution is -0.134. The Morgan fingerprint density at radius 3 is 2.81 bits per heavy atom. The summed E-state index contributed by atoms with van der Waals surface area (Å²) < 4.78 is 18.1. The van der Waals surface area contributed by atoms with E-state index in [1.807, 2.05) is 44.0 Å². The zero-order chi connectivity index (χ0) is 26.5. The third kappa shape index (κ3) is 5.69. The summed E-state index contributed by atoms with van der Waals surface area (Å²) in [7, 11) is 3.09. The summed E-state index contributed by atoms with van der Waals surface area (Å²) in [5.74, 6) is 1.46. The highest BCUT2D eigenvalue weighted by Gasteiger charge is 2.31. The van der Waals surface area contributed by atoms with Crippen LogP contribution in [-0.2, 0) is 14.3 Å². The van der Waals surface area contributed by atoms with Gasteiger partial charge < -0.3 is 19.1 Å². The third-order valence-corrected chi connectivity index (χ3v) is 6.65. The number of imidazole rings is 1. The van der Waals surface area contributed by atoms with Crippen molar-refractivity contribution in [2.75, 3.05) is 39.2 Å². The number of amides is 2. The van der Waals surface area contributed by atoms with Gasteiger partial charge in [0.1, 0.15) is 24.3 Å². The molecule has 10 nitrogen and oxygen atoms in total. The van der Waals surface area contributed by atoms with Gasteiger partial charge in [0.2, 0.25) is 5.91 Å². The molecule has 1 fully saturated rings. The Bertz CT molecular complexity index is 1270. The van der Waals surface area contributed by atoms with E-state index in [-0.39, 0.29) is 24.5 Å². The van der Waals surface area contributed by atoms with Gasteiger partial charge in [0, 0.05) is 44.1 Å². The van der Waals surface area contributed by atoms with Crippen LogP contribution in [0, 0.1) is 6.92 Å². The van der Waals surface area contributed by atoms with Gasteiger partial charge in [-0.05, 0) is 38.8 Å². The number of carbonyl (C=O) groups excluding carboxylic acids is 2. The number of methoxy groups -OCH3 is 2. The highest BCUT2D eigenvalue weighted by molar-refractivity contribution is 5.89. The lowest BCUT2D eigenvalue weighted by Crippen LogP contribution is -2.31. The lowest BCUT2D eigenvalue weighted by atomic mass is 10.1. The quantitative estimate of drug-likeness (QED) is 0.455. The molecule has 0 spiro atoms. The Balaban J connectivity index is 1.65. The zero-order valence-electron chi connectivity index (χ0n) is 22.1. The van der Waals surface area contributed by atoms with E-state index in [1.165, 1.54) is 7.11 Å². The molecule has 3 aromatic rings. The summed E-state index contributed by atoms with van der Waals surface area (Å²) in [6.45, 7) is 7.21. The summed E-state index contributed by atoms with van der Waals surface area (Å²) in [5.41, 5.74) is 3.86. The number of nitrogens with one attached hydrogen (secondary N) is 1. The minimum Gasteiger partial charge on any atom is -0.495 e. The molecule has 4 rings (SSSR count). The van der Waals surface area contributed by atoms with E-state index in [0.717, 1.165) is 47.6 Å². The number of carbonyl (C=O) groups is 2. The van der Waals surface area contributed by atoms with Gasteiger partial charge in [0.05, 0.1) is 29.7 Å². The molecule has 0 unspecified atom stereocenters. The van der Waals surface area contributed by atoms with Crippen molar-refractivity contribution >= 4 is 23.2 Å². The van der Waals surface area contributed by atoms with Gasteiger partial charge in [-0.2, -0.15) is 0 Å². The smallest absolute Gasteiger partial charge is 0.412 e. The van der Waals surface area contributed by atoms with E-state index in [1.54, 1.807) is 19.4 Å². The van der Waals surface area contributed by atoms with Gasteiger partial charge in [0.25, 0.3) is 0 Å². The fourth-order valence-electron chi connectivity index (χ4n) is 4.85. The average molecular weight is 510 g/mol. The lowest BCUT2D eigenvalue weighted by Gasteiger charge is -2.15. The fraction of sp³-hybridized carbons (Fsp3) is 0.481. The molecule has 10 heteroatoms. The van der Waals surface area contributed by atoms with E-state index < -0.39 is 6.09 Å². The first kappa shape index (κ1) is 26.4. The molecule has 37 heavy (non-hydrogen) atoms. The van der Waals surface area contributed by atoms with Crippen LogP contribution in [0.15, 0.2) is 30.6 Å². The second-order valence-corrected chi connectivity index (χ2v) is 9.35. The number of rotatable bonds is 9. The maximum atomic E-state index is 12.4. The first-order valence-electron chi connectivity index (χ1n) is 12.6. The summed E-state index contributed by atoms with van der Waals surface area (Å²) in [6, 6.07) is 5.54. The van der Waals surface area contributed by atoms with Gasteiger partial charge in [-0.25, -0.2) is 9.78 Å². The minimum absolute atomic E-state index is 0.0145. The minimum atomic E-state index is -0.518. The van der Waals surface area contributed by atoms with Crippen molar-refractivity contribution in [2.24, 2.45) is 0 Å². The second-order valence-electron chi connectivity index (χ2n) is 9.35. The highest BCUT2D eigenvalue weighted by atomic mass is 16.6. The summed E-state index contributed by atoms with van der Waals surface area (Å²) in [6.07, 6.45) is 5.54. The number of ether oxygens (including phenoxy) is 3. The molecule has 0 aliphatic carbocycles. The Morgan fingerprint density at radius 1 is 1.27 bits per heavy atom. The molecular formula is C27H35N5O5. The Morgan fingerprint density at radius 2 is 2.08 bits per heavy atom. The number of aryl methyl sites for hydroxylation is 1. The molecule has 1 N–H and O–H groups in total. The highest BCUT2D eigenvalue weighted by Crippen LogP contribution is 2.36. The maximum Gasteiger partial charge on any atom is 0.412 e. The van der Waals surface area contributed by atoms with Crippen LogP contribution in [-0.4, -0.2) is 71.3 Å². The molecule has 1 saturated heterocycles. The molecule has 1 aromatic carbocycles. The van der Waals surface area contributed by atoms with Crippen LogP contribution in [0.25, 0.3) is 16.8 Å². The van der Waals surface area contributed by atoms with Gasteiger partial charge >= 0.3 is 6.09 Å². The molecule has 2 aromatic heterocycles. The van der Waals surface area contributed by atoms with E-state index in [4.69, 9.17) is 19.2 Å². The molecule has 1 aliphatic rings. The summed E-state index contributed by atoms with van der Waals surface area (Å²) >= 11 is 0. The van der Waals surface area contributed by atoms with Crippen molar-refractivity contribution < 1.29 is 23.8 Å². The molecule has 3 heterocycles. The van der Waals surface area contributed by atoms with Crippen molar-refractivity contribution in [3.05, 3.63) is 42.1 Å². The monoisotopic (exact) mass is 509 g/mol. The normalized spacial score (nSPS) is 16.1. The van der Waals surface area contributed by atoms with Crippen LogP contribution in [0.1, 0.15) is 50.5 Å². The molecule has 198 valence electrons. The van der Waals surface area contributed by atoms with Gasteiger partial charge in [-0.15, -0.1) is 0 Å². The van der Waals surface area contributed by atoms with E-state index in [0.29, 0.717) is 24.5 Å². The second kappa shape index (κ2) is 11.6. The standard InChI is InChI=1S/C27H35N5O5/c1-6-7-17(2)37-27(34)29-21-9-8-19(14-22(21)36-5)24-25-18(3)28-11-13-32(25)26(30-24)20-10-12-31(15-20)23(33)16-35-4/h8-9,11,13-14,17,20H,6-7,10,12,15-16H2,1-5H3,(H,29,34)/t17-,20-/m0/s1. The predicted octanol–water partition coefficient (Wildman–Crippen LogP) is 4.41. The van der Waals surface area contributed by atoms with Gasteiger partial charge in [-0.1, -0.05) is 19.4 Å². The largest absolute Gasteiger partial charge is 0.495 e. The first-order chi connectivity index (χ1) is 17.9. The van der Waals surface area contributed by atoms with Crippen LogP contribution in [0.5, 0.6) is 5.75 Å². The van der Waals surface area contributed by atoms with Crippen LogP contribution in [0.3, 0.4) is 0 Å². The molecule has 0 bridgehead atoms. The molecule has 0 saturated carbocycles. The van der Waals surface area contributed by atoms with Crippen molar-refractivity contribution in [1.82, 2.24) is 19.3 Å². The first-order valence-corrected chi connectivity index (χ1v) is 12.6. The molecular weight excluding hydrogens is 474 g/mol. The Labute approximate surface area is 216 Å². The van der Waals surface area contributed by atoms with E-state index in [2.05, 4.69) is 14.7 Å². The topological polar surface area (TPSA) is 107 Å². The van der Waals surface area contributed by atoms with Crippen LogP contribution in [0.4, 0.5) is 10.5 Å². The number of benzene rings is 1. The van der Waals surface area contributed by atoms with Crippen molar-refractivity contribution in [2.45, 2.75) is 52.1 Å². The van der Waals surface area contributed by atoms with Crippen LogP contribution < -0.4 is 10.1 Å². The van der Waals surface area contributed by atoms with Crippen molar-refractivity contribution in [3.63, 3.8) is 0 Å². The Kier molecular flexibility index (Phi) is 8.27. The molecule has 0 radical (unpaired) electrons. The van der Waals surface area contributed by atoms with Gasteiger partial charge in [-0.3, -0.25) is 19.5 Å². The summed E-state index contributed by atoms with van der Waals surface area (Å²) in [5, 5.41) is 2.78. The van der Waals surface area contributed by atoms with Gasteiger partial charge in [0.15, 0.2) is 0 Å². The number of nitrogens with zero attached hydrogens (tertiary/aromatic N) is 4. The zero-order valence-corrected chi connectivity index (χ0v) is 22.1. The average Bonchev–Trinajstić information content (AvgIpc) is 3.50. The third-order valence-electron chi connectivity index (χ3n) is 6.65. The van der Waals surface area contributed by atoms with Crippen LogP contribution in [0.2, 0.25) is 0 Å². The maximum absolute atomic E-state index is 12.4. The number of fused-ring (bicyclic) bond motifs is 1. The number of anilines is 1. The van der Waals surface area contributed by atoms with E-state index in [9.17, 15) is 9.59 Å². The number of hydrogen-bond donors (Lipinski definition) is 1. The fourth-order valence-corrected chi connectivity index (χ4v) is 4.85. The molecule has 2 atom stereocenters. The van der Waals surface area contributed by atoms with E-state index >= 15 is 0 Å². The number of hydrogen-bond acceptors (Lipinski definition) is 7. The SMILES string of the molecule is CCC[C@H](C)OC(=O)Nc1ccc(-c2nc([C@H]3CCN(C(=O)COC)C3)n3ccnc(C)c23)cc1OC. The number of aromatic nitrogens is 3. The molecule has 2 amide bonds. The Hall–Kier alpha value is -3.66. The van der Waals surface area contributed by atoms with Crippen molar-refractivity contribution in [3.8, 4) is 17.0 Å².